The first-order valence-corrected chi connectivity index (χ1v) is 15.9. The number of aromatic nitrogens is 2. The molecule has 3 N–H and O–H groups in total. The van der Waals surface area contributed by atoms with E-state index < -0.39 is 33.6 Å². The molecular weight excluding hydrogens is 623 g/mol. The smallest absolute Gasteiger partial charge is 0.475 e. The Morgan fingerprint density at radius 2 is 1.78 bits per heavy atom. The molecule has 0 spiro atoms. The van der Waals surface area contributed by atoms with Crippen LogP contribution in [0.4, 0.5) is 33.5 Å². The van der Waals surface area contributed by atoms with Gasteiger partial charge in [-0.1, -0.05) is 6.07 Å². The van der Waals surface area contributed by atoms with Crippen molar-refractivity contribution in [3.05, 3.63) is 59.7 Å². The lowest BCUT2D eigenvalue weighted by molar-refractivity contribution is -0.192. The maximum Gasteiger partial charge on any atom is 0.490 e. The number of sulfone groups is 1. The van der Waals surface area contributed by atoms with Gasteiger partial charge in [0.25, 0.3) is 0 Å². The predicted octanol–water partition coefficient (Wildman–Crippen LogP) is 4.36. The monoisotopic (exact) mass is 654 g/mol. The van der Waals surface area contributed by atoms with Crippen LogP contribution in [0.3, 0.4) is 0 Å². The van der Waals surface area contributed by atoms with E-state index in [0.717, 1.165) is 38.9 Å². The SMILES string of the molecule is N#Cc1ccc(-c2cc(NC[C@@H]3CCCNCC3)nn2-c2ccc(N3CCS(=O)(=O)CC3)c(F)c2)cc1F.O=C(O)C(F)(F)F. The van der Waals surface area contributed by atoms with Crippen molar-refractivity contribution < 1.29 is 40.3 Å². The molecule has 0 bridgehead atoms. The van der Waals surface area contributed by atoms with Crippen molar-refractivity contribution in [2.24, 2.45) is 5.92 Å². The number of hydrogen-bond donors (Lipinski definition) is 3. The fraction of sp³-hybridized carbons (Fsp3) is 0.414. The Balaban J connectivity index is 0.000000591. The van der Waals surface area contributed by atoms with Crippen molar-refractivity contribution in [3.63, 3.8) is 0 Å². The molecule has 0 radical (unpaired) electrons. The van der Waals surface area contributed by atoms with Crippen LogP contribution in [-0.2, 0) is 14.6 Å². The maximum absolute atomic E-state index is 15.3. The Morgan fingerprint density at radius 1 is 1.07 bits per heavy atom. The molecule has 3 aromatic rings. The van der Waals surface area contributed by atoms with Gasteiger partial charge < -0.3 is 20.6 Å². The molecule has 0 unspecified atom stereocenters. The molecule has 0 saturated carbocycles. The number of halogens is 5. The number of nitrogens with zero attached hydrogens (tertiary/aromatic N) is 4. The van der Waals surface area contributed by atoms with Crippen molar-refractivity contribution in [2.75, 3.05) is 54.4 Å². The van der Waals surface area contributed by atoms with Gasteiger partial charge in [-0.15, -0.1) is 5.10 Å². The second-order valence-electron chi connectivity index (χ2n) is 10.6. The highest BCUT2D eigenvalue weighted by Gasteiger charge is 2.38. The highest BCUT2D eigenvalue weighted by molar-refractivity contribution is 7.91. The van der Waals surface area contributed by atoms with Crippen LogP contribution in [-0.4, -0.2) is 79.7 Å². The van der Waals surface area contributed by atoms with E-state index in [0.29, 0.717) is 34.4 Å². The average molecular weight is 655 g/mol. The molecule has 242 valence electrons. The number of alkyl halides is 3. The van der Waals surface area contributed by atoms with E-state index in [1.54, 1.807) is 33.8 Å². The number of hydrogen-bond acceptors (Lipinski definition) is 8. The number of benzene rings is 2. The number of nitrogens with one attached hydrogen (secondary N) is 2. The number of carboxylic acids is 1. The van der Waals surface area contributed by atoms with Gasteiger partial charge in [-0.05, 0) is 62.5 Å². The van der Waals surface area contributed by atoms with E-state index in [4.69, 9.17) is 15.2 Å². The van der Waals surface area contributed by atoms with Gasteiger partial charge in [-0.3, -0.25) is 0 Å². The quantitative estimate of drug-likeness (QED) is 0.331. The molecule has 5 rings (SSSR count). The fourth-order valence-electron chi connectivity index (χ4n) is 5.02. The molecule has 2 aliphatic heterocycles. The molecule has 2 fully saturated rings. The topological polar surface area (TPSA) is 140 Å². The van der Waals surface area contributed by atoms with Gasteiger partial charge in [-0.2, -0.15) is 18.4 Å². The van der Waals surface area contributed by atoms with Crippen molar-refractivity contribution in [1.29, 1.82) is 5.26 Å². The minimum absolute atomic E-state index is 0.00611. The summed E-state index contributed by atoms with van der Waals surface area (Å²) in [5.74, 6) is -2.81. The number of aliphatic carboxylic acids is 1. The van der Waals surface area contributed by atoms with Gasteiger partial charge in [0.05, 0.1) is 34.1 Å². The van der Waals surface area contributed by atoms with Gasteiger partial charge in [-0.25, -0.2) is 26.7 Å². The largest absolute Gasteiger partial charge is 0.490 e. The summed E-state index contributed by atoms with van der Waals surface area (Å²) in [6, 6.07) is 12.7. The standard InChI is InChI=1S/C27H30F2N6O2S.C2HF3O2/c28-23-14-20(3-4-21(23)17-30)26-16-27(32-18-19-2-1-8-31-9-7-19)33-35(26)22-5-6-25(24(29)15-22)34-10-12-38(36,37)13-11-34;3-2(4,5)1(6)7/h3-6,14-16,19,31H,1-2,7-13,18H2,(H,32,33);(H,6,7)/t19-;/m1./s1. The first kappa shape index (κ1) is 33.7. The van der Waals surface area contributed by atoms with Gasteiger partial charge in [0, 0.05) is 37.3 Å². The third-order valence-corrected chi connectivity index (χ3v) is 9.07. The Bertz CT molecular complexity index is 1650. The number of carbonyl (C=O) groups is 1. The van der Waals surface area contributed by atoms with Crippen molar-refractivity contribution in [2.45, 2.75) is 25.4 Å². The molecule has 0 aliphatic carbocycles. The summed E-state index contributed by atoms with van der Waals surface area (Å²) in [7, 11) is -3.09. The number of carboxylic acid groups (broad SMARTS) is 1. The lowest BCUT2D eigenvalue weighted by Crippen LogP contribution is -2.40. The van der Waals surface area contributed by atoms with E-state index in [1.165, 1.54) is 18.2 Å². The lowest BCUT2D eigenvalue weighted by Gasteiger charge is -2.29. The first-order chi connectivity index (χ1) is 21.3. The van der Waals surface area contributed by atoms with Crippen molar-refractivity contribution in [3.8, 4) is 23.0 Å². The van der Waals surface area contributed by atoms with Crippen LogP contribution < -0.4 is 15.5 Å². The second-order valence-corrected chi connectivity index (χ2v) is 12.9. The van der Waals surface area contributed by atoms with Crippen LogP contribution in [0.2, 0.25) is 0 Å². The molecule has 2 saturated heterocycles. The summed E-state index contributed by atoms with van der Waals surface area (Å²) < 4.78 is 86.6. The highest BCUT2D eigenvalue weighted by atomic mass is 32.2. The van der Waals surface area contributed by atoms with Crippen LogP contribution in [0.5, 0.6) is 0 Å². The maximum atomic E-state index is 15.3. The average Bonchev–Trinajstić information content (AvgIpc) is 3.23. The third kappa shape index (κ3) is 8.92. The van der Waals surface area contributed by atoms with Crippen LogP contribution in [0.1, 0.15) is 24.8 Å². The Kier molecular flexibility index (Phi) is 10.7. The number of nitriles is 1. The van der Waals surface area contributed by atoms with Crippen molar-refractivity contribution in [1.82, 2.24) is 15.1 Å². The Morgan fingerprint density at radius 3 is 2.40 bits per heavy atom. The molecule has 16 heteroatoms. The molecule has 2 aromatic carbocycles. The highest BCUT2D eigenvalue weighted by Crippen LogP contribution is 2.30. The fourth-order valence-corrected chi connectivity index (χ4v) is 6.22. The molecule has 45 heavy (non-hydrogen) atoms. The molecule has 1 aromatic heterocycles. The van der Waals surface area contributed by atoms with E-state index in [-0.39, 0.29) is 30.2 Å². The Hall–Kier alpha value is -4.23. The second kappa shape index (κ2) is 14.2. The van der Waals surface area contributed by atoms with Gasteiger partial charge >= 0.3 is 12.1 Å². The van der Waals surface area contributed by atoms with E-state index >= 15 is 4.39 Å². The summed E-state index contributed by atoms with van der Waals surface area (Å²) in [6.45, 7) is 3.21. The molecule has 3 heterocycles. The number of rotatable bonds is 6. The lowest BCUT2D eigenvalue weighted by atomic mass is 10.0. The van der Waals surface area contributed by atoms with Gasteiger partial charge in [0.2, 0.25) is 0 Å². The zero-order chi connectivity index (χ0) is 32.8. The third-order valence-electron chi connectivity index (χ3n) is 7.47. The van der Waals surface area contributed by atoms with E-state index in [2.05, 4.69) is 15.7 Å². The predicted molar refractivity (Wildman–Crippen MR) is 157 cm³/mol. The zero-order valence-electron chi connectivity index (χ0n) is 23.9. The molecular formula is C29H31F5N6O4S. The minimum atomic E-state index is -5.08. The Labute approximate surface area is 256 Å². The van der Waals surface area contributed by atoms with Crippen LogP contribution in [0.25, 0.3) is 16.9 Å². The zero-order valence-corrected chi connectivity index (χ0v) is 24.8. The summed E-state index contributed by atoms with van der Waals surface area (Å²) in [4.78, 5) is 10.6. The summed E-state index contributed by atoms with van der Waals surface area (Å²) in [6.07, 6.45) is -1.80. The summed E-state index contributed by atoms with van der Waals surface area (Å²) in [5.41, 5.74) is 1.78. The molecule has 10 nitrogen and oxygen atoms in total. The first-order valence-electron chi connectivity index (χ1n) is 14.1. The normalized spacial score (nSPS) is 18.2. The van der Waals surface area contributed by atoms with E-state index in [9.17, 15) is 26.0 Å². The molecule has 0 amide bonds. The van der Waals surface area contributed by atoms with Crippen molar-refractivity contribution >= 4 is 27.3 Å². The van der Waals surface area contributed by atoms with Gasteiger partial charge in [0.1, 0.15) is 23.5 Å². The summed E-state index contributed by atoms with van der Waals surface area (Å²) in [5, 5.41) is 27.7. The van der Waals surface area contributed by atoms with Crippen LogP contribution in [0.15, 0.2) is 42.5 Å². The number of anilines is 2. The van der Waals surface area contributed by atoms with Gasteiger partial charge in [0.15, 0.2) is 9.84 Å². The summed E-state index contributed by atoms with van der Waals surface area (Å²) >= 11 is 0. The molecule has 2 aliphatic rings. The molecule has 1 atom stereocenters. The van der Waals surface area contributed by atoms with E-state index in [1.807, 2.05) is 6.07 Å². The van der Waals surface area contributed by atoms with Crippen LogP contribution in [0, 0.1) is 28.9 Å². The minimum Gasteiger partial charge on any atom is -0.475 e. The van der Waals surface area contributed by atoms with Crippen LogP contribution >= 0.6 is 0 Å².